The van der Waals surface area contributed by atoms with Crippen molar-refractivity contribution in [2.45, 2.75) is 50.7 Å². The minimum absolute atomic E-state index is 0.122. The van der Waals surface area contributed by atoms with Gasteiger partial charge in [-0.15, -0.1) is 0 Å². The number of imide groups is 1. The van der Waals surface area contributed by atoms with Crippen LogP contribution in [0, 0.1) is 0 Å². The van der Waals surface area contributed by atoms with Crippen LogP contribution in [-0.4, -0.2) is 51.6 Å². The van der Waals surface area contributed by atoms with Crippen molar-refractivity contribution < 1.29 is 37.9 Å². The van der Waals surface area contributed by atoms with Gasteiger partial charge >= 0.3 is 11.9 Å². The molecule has 1 aromatic carbocycles. The maximum atomic E-state index is 13.7. The van der Waals surface area contributed by atoms with Crippen LogP contribution in [-0.2, 0) is 32.3 Å². The van der Waals surface area contributed by atoms with Crippen LogP contribution in [0.4, 0.5) is 8.78 Å². The van der Waals surface area contributed by atoms with Gasteiger partial charge in [0.05, 0.1) is 6.42 Å². The van der Waals surface area contributed by atoms with E-state index in [1.54, 1.807) is 6.07 Å². The number of rotatable bonds is 7. The first kappa shape index (κ1) is 21.3. The molecule has 0 aliphatic carbocycles. The number of hydrogen-bond acceptors (Lipinski definition) is 5. The number of benzene rings is 1. The zero-order valence-corrected chi connectivity index (χ0v) is 15.7. The van der Waals surface area contributed by atoms with Crippen molar-refractivity contribution in [3.63, 3.8) is 0 Å². The standard InChI is InChI=1S/C19H19F2N3O6/c20-19(21,6-5-15(26)27)18(30)22-8-10-1-2-12-11(7-10)9-24(17(12)29)13-3-4-14(25)23-16(13)28/h1-2,7,13H,3-6,8-9H2,(H,22,30)(H,26,27)(H,23,25,28). The van der Waals surface area contributed by atoms with Gasteiger partial charge in [-0.1, -0.05) is 12.1 Å². The Labute approximate surface area is 169 Å². The van der Waals surface area contributed by atoms with Gasteiger partial charge in [0.1, 0.15) is 6.04 Å². The van der Waals surface area contributed by atoms with E-state index in [-0.39, 0.29) is 31.8 Å². The van der Waals surface area contributed by atoms with Crippen LogP contribution in [0.15, 0.2) is 18.2 Å². The molecule has 4 amide bonds. The third-order valence-electron chi connectivity index (χ3n) is 5.03. The maximum Gasteiger partial charge on any atom is 0.325 e. The van der Waals surface area contributed by atoms with E-state index >= 15 is 0 Å². The molecule has 1 atom stereocenters. The van der Waals surface area contributed by atoms with Crippen molar-refractivity contribution >= 4 is 29.6 Å². The van der Waals surface area contributed by atoms with Gasteiger partial charge in [-0.05, 0) is 23.6 Å². The Morgan fingerprint density at radius 2 is 2.00 bits per heavy atom. The number of carboxylic acid groups (broad SMARTS) is 1. The second-order valence-electron chi connectivity index (χ2n) is 7.17. The minimum Gasteiger partial charge on any atom is -0.481 e. The Balaban J connectivity index is 1.64. The van der Waals surface area contributed by atoms with E-state index in [2.05, 4.69) is 10.6 Å². The molecule has 30 heavy (non-hydrogen) atoms. The number of carbonyl (C=O) groups is 5. The van der Waals surface area contributed by atoms with Gasteiger partial charge in [-0.2, -0.15) is 8.78 Å². The predicted octanol–water partition coefficient (Wildman–Crippen LogP) is 0.564. The van der Waals surface area contributed by atoms with Crippen LogP contribution in [0.3, 0.4) is 0 Å². The molecule has 0 spiro atoms. The molecule has 9 nitrogen and oxygen atoms in total. The SMILES string of the molecule is O=C(O)CCC(F)(F)C(=O)NCc1ccc2c(c1)CN(C1CCC(=O)NC1=O)C2=O. The van der Waals surface area contributed by atoms with Crippen molar-refractivity contribution in [3.05, 3.63) is 34.9 Å². The fourth-order valence-corrected chi connectivity index (χ4v) is 3.43. The highest BCUT2D eigenvalue weighted by molar-refractivity contribution is 6.05. The number of nitrogens with one attached hydrogen (secondary N) is 2. The Morgan fingerprint density at radius 3 is 2.67 bits per heavy atom. The van der Waals surface area contributed by atoms with Gasteiger partial charge in [-0.25, -0.2) is 0 Å². The average molecular weight is 423 g/mol. The van der Waals surface area contributed by atoms with E-state index in [1.807, 2.05) is 0 Å². The summed E-state index contributed by atoms with van der Waals surface area (Å²) in [6, 6.07) is 3.81. The molecular weight excluding hydrogens is 404 g/mol. The third-order valence-corrected chi connectivity index (χ3v) is 5.03. The summed E-state index contributed by atoms with van der Waals surface area (Å²) < 4.78 is 27.4. The minimum atomic E-state index is -3.81. The predicted molar refractivity (Wildman–Crippen MR) is 96.2 cm³/mol. The van der Waals surface area contributed by atoms with Gasteiger partial charge in [0.15, 0.2) is 0 Å². The van der Waals surface area contributed by atoms with Crippen molar-refractivity contribution in [2.75, 3.05) is 0 Å². The Hall–Kier alpha value is -3.37. The monoisotopic (exact) mass is 423 g/mol. The number of halogens is 2. The molecular formula is C19H19F2N3O6. The lowest BCUT2D eigenvalue weighted by Crippen LogP contribution is -2.52. The van der Waals surface area contributed by atoms with Gasteiger partial charge in [0.2, 0.25) is 11.8 Å². The smallest absolute Gasteiger partial charge is 0.325 e. The van der Waals surface area contributed by atoms with Crippen LogP contribution >= 0.6 is 0 Å². The average Bonchev–Trinajstić information content (AvgIpc) is 3.00. The first-order valence-corrected chi connectivity index (χ1v) is 9.23. The van der Waals surface area contributed by atoms with E-state index in [9.17, 15) is 32.8 Å². The molecule has 1 saturated heterocycles. The molecule has 11 heteroatoms. The molecule has 0 aromatic heterocycles. The highest BCUT2D eigenvalue weighted by atomic mass is 19.3. The number of fused-ring (bicyclic) bond motifs is 1. The molecule has 1 aromatic rings. The van der Waals surface area contributed by atoms with Gasteiger partial charge in [-0.3, -0.25) is 29.3 Å². The lowest BCUT2D eigenvalue weighted by Gasteiger charge is -2.29. The van der Waals surface area contributed by atoms with Crippen molar-refractivity contribution in [2.24, 2.45) is 0 Å². The molecule has 2 aliphatic heterocycles. The number of aliphatic carboxylic acids is 1. The van der Waals surface area contributed by atoms with Crippen LogP contribution < -0.4 is 10.6 Å². The molecule has 1 unspecified atom stereocenters. The number of alkyl halides is 2. The number of carbonyl (C=O) groups excluding carboxylic acids is 4. The van der Waals surface area contributed by atoms with Crippen LogP contribution in [0.2, 0.25) is 0 Å². The molecule has 2 heterocycles. The molecule has 2 aliphatic rings. The lowest BCUT2D eigenvalue weighted by atomic mass is 10.0. The zero-order chi connectivity index (χ0) is 22.1. The fraction of sp³-hybridized carbons (Fsp3) is 0.421. The number of amides is 4. The summed E-state index contributed by atoms with van der Waals surface area (Å²) >= 11 is 0. The highest BCUT2D eigenvalue weighted by Gasteiger charge is 2.40. The van der Waals surface area contributed by atoms with Crippen molar-refractivity contribution in [1.82, 2.24) is 15.5 Å². The first-order chi connectivity index (χ1) is 14.1. The van der Waals surface area contributed by atoms with Gasteiger partial charge < -0.3 is 15.3 Å². The number of hydrogen-bond donors (Lipinski definition) is 3. The normalized spacial score (nSPS) is 18.8. The fourth-order valence-electron chi connectivity index (χ4n) is 3.43. The molecule has 0 saturated carbocycles. The van der Waals surface area contributed by atoms with E-state index in [4.69, 9.17) is 5.11 Å². The second kappa shape index (κ2) is 8.17. The quantitative estimate of drug-likeness (QED) is 0.549. The largest absolute Gasteiger partial charge is 0.481 e. The zero-order valence-electron chi connectivity index (χ0n) is 15.7. The second-order valence-corrected chi connectivity index (χ2v) is 7.17. The number of carboxylic acids is 1. The Kier molecular flexibility index (Phi) is 5.81. The summed E-state index contributed by atoms with van der Waals surface area (Å²) in [7, 11) is 0. The molecule has 0 radical (unpaired) electrons. The van der Waals surface area contributed by atoms with Crippen molar-refractivity contribution in [1.29, 1.82) is 0 Å². The molecule has 3 N–H and O–H groups in total. The number of nitrogens with zero attached hydrogens (tertiary/aromatic N) is 1. The van der Waals surface area contributed by atoms with E-state index in [1.165, 1.54) is 17.0 Å². The molecule has 3 rings (SSSR count). The lowest BCUT2D eigenvalue weighted by molar-refractivity contribution is -0.149. The molecule has 1 fully saturated rings. The number of piperidine rings is 1. The third kappa shape index (κ3) is 4.44. The maximum absolute atomic E-state index is 13.7. The summed E-state index contributed by atoms with van der Waals surface area (Å²) in [6.07, 6.45) is -1.59. The van der Waals surface area contributed by atoms with Crippen LogP contribution in [0.5, 0.6) is 0 Å². The summed E-state index contributed by atoms with van der Waals surface area (Å²) in [4.78, 5) is 59.4. The summed E-state index contributed by atoms with van der Waals surface area (Å²) in [6.45, 7) is -0.113. The summed E-state index contributed by atoms with van der Waals surface area (Å²) in [5.74, 6) is -8.11. The van der Waals surface area contributed by atoms with E-state index < -0.39 is 48.5 Å². The molecule has 0 bridgehead atoms. The Morgan fingerprint density at radius 1 is 1.27 bits per heavy atom. The van der Waals surface area contributed by atoms with Gasteiger partial charge in [0, 0.05) is 31.5 Å². The molecule has 160 valence electrons. The topological polar surface area (TPSA) is 133 Å². The van der Waals surface area contributed by atoms with Crippen LogP contribution in [0.1, 0.15) is 47.2 Å². The van der Waals surface area contributed by atoms with E-state index in [0.717, 1.165) is 0 Å². The summed E-state index contributed by atoms with van der Waals surface area (Å²) in [5.41, 5.74) is 1.41. The van der Waals surface area contributed by atoms with Gasteiger partial charge in [0.25, 0.3) is 11.8 Å². The van der Waals surface area contributed by atoms with Crippen LogP contribution in [0.25, 0.3) is 0 Å². The highest BCUT2D eigenvalue weighted by Crippen LogP contribution is 2.28. The summed E-state index contributed by atoms with van der Waals surface area (Å²) in [5, 5.41) is 12.8. The first-order valence-electron chi connectivity index (χ1n) is 9.23. The van der Waals surface area contributed by atoms with E-state index in [0.29, 0.717) is 16.7 Å². The Bertz CT molecular complexity index is 933. The van der Waals surface area contributed by atoms with Crippen molar-refractivity contribution in [3.8, 4) is 0 Å².